The van der Waals surface area contributed by atoms with Gasteiger partial charge in [-0.1, -0.05) is 74.9 Å². The largest absolute Gasteiger partial charge is 1.00 e. The zero-order valence-electron chi connectivity index (χ0n) is 73.7. The van der Waals surface area contributed by atoms with E-state index in [4.69, 9.17) is 13.5 Å². The number of aliphatic hydroxyl groups is 3. The minimum atomic E-state index is -3.38. The molecule has 7 aromatic rings. The molecule has 4 aromatic carbocycles. The molecule has 12 saturated carbocycles. The second kappa shape index (κ2) is 39.7. The molecule has 12 bridgehead atoms. The van der Waals surface area contributed by atoms with E-state index in [2.05, 4.69) is 74.9 Å². The third-order valence-electron chi connectivity index (χ3n) is 30.0. The van der Waals surface area contributed by atoms with Gasteiger partial charge in [0, 0.05) is 51.1 Å². The Morgan fingerprint density at radius 1 is 0.642 bits per heavy atom. The molecule has 4 aliphatic heterocycles. The van der Waals surface area contributed by atoms with Crippen LogP contribution in [0, 0.1) is 124 Å². The zero-order chi connectivity index (χ0) is 87.5. The molecule has 12 atom stereocenters. The standard InChI is InChI=1S/C24H26FN5O.C23H24FN3O.C22H23FN2O2.C9H9NO2S.C4H9O.3C4H9.CH3F.K.N3.Sn/c25-17-3-1-2-16-20-11-26-12-30(20)19(23(16)17)6-21(31)24-7-13-4-14(8-24)22(15(5-13)9-24)18-10-27-29-28-18;24-18-3-1-2-16-20-11-26-12-27(20)19(22(16)18)6-21(28)23-7-13-4-14(8-23)17(10-25)15(5-13)9-23;23-16-3-1-2-15-18-10-24-11-25(18)17(20(15)16)6-19(26)22-7-12-4-13(8-22)21(27)14(5-12)9-22;1-8-3-5-9(6-4-8)13(11,12)7-10-2;1-4(2,3)5;3*1-3-4-2;1-2;;1-3-2;/h1-3,11-15,19,21-22,31H,4-10H2;1-3,11-15,17,19,21,28H,4-9H2;1-3,10-14,17,19,26H,4-9H2;3-6H,7H2,1H3;1-3H3;3*1,3-4H2,2H3;1H3;;;/q;;;;-1;;;;;+1;-1;+1/i;;;;;;;;1D;;;. The predicted molar refractivity (Wildman–Crippen MR) is 463 cm³/mol. The van der Waals surface area contributed by atoms with Crippen LogP contribution in [0.5, 0.6) is 0 Å². The van der Waals surface area contributed by atoms with Gasteiger partial charge in [-0.2, -0.15) is 10.4 Å². The molecule has 12 aliphatic carbocycles. The van der Waals surface area contributed by atoms with Gasteiger partial charge in [0.1, 0.15) is 29.8 Å². The van der Waals surface area contributed by atoms with Crippen molar-refractivity contribution in [3.8, 4) is 39.8 Å². The van der Waals surface area contributed by atoms with Gasteiger partial charge >= 0.3 is 162 Å². The summed E-state index contributed by atoms with van der Waals surface area (Å²) in [5.41, 5.74) is 17.5. The van der Waals surface area contributed by atoms with Gasteiger partial charge in [-0.25, -0.2) is 43.1 Å². The van der Waals surface area contributed by atoms with Crippen LogP contribution in [-0.2, 0) is 14.6 Å². The Balaban J connectivity index is 0.000000134. The quantitative estimate of drug-likeness (QED) is 0.0143. The van der Waals surface area contributed by atoms with Gasteiger partial charge in [-0.05, 0) is 216 Å². The number of halogens is 4. The molecule has 28 heteroatoms. The van der Waals surface area contributed by atoms with Crippen LogP contribution in [0.15, 0.2) is 140 Å². The number of azide groups is 1. The summed E-state index contributed by atoms with van der Waals surface area (Å²) in [6.45, 7) is 20.6. The van der Waals surface area contributed by atoms with Gasteiger partial charge in [0.25, 0.3) is 9.84 Å². The van der Waals surface area contributed by atoms with Crippen molar-refractivity contribution in [3.63, 3.8) is 0 Å². The molecule has 0 amide bonds. The normalized spacial score (nSPS) is 29.5. The van der Waals surface area contributed by atoms with E-state index in [1.165, 1.54) is 95.0 Å². The van der Waals surface area contributed by atoms with Crippen molar-refractivity contribution in [2.45, 2.75) is 263 Å². The second-order valence-corrected chi connectivity index (χ2v) is 52.7. The van der Waals surface area contributed by atoms with Crippen molar-refractivity contribution in [1.29, 1.82) is 5.26 Å². The number of hydrogen-bond acceptors (Lipinski definition) is 15. The van der Waals surface area contributed by atoms with Crippen LogP contribution in [0.25, 0.3) is 49.1 Å². The number of aromatic nitrogens is 6. The van der Waals surface area contributed by atoms with Crippen LogP contribution in [0.4, 0.5) is 17.6 Å². The molecule has 3 aromatic heterocycles. The van der Waals surface area contributed by atoms with Gasteiger partial charge in [-0.3, -0.25) is 14.0 Å². The first-order chi connectivity index (χ1) is 59.0. The Labute approximate surface area is 771 Å². The Bertz CT molecular complexity index is 5160. The summed E-state index contributed by atoms with van der Waals surface area (Å²) in [6.07, 6.45) is 33.8. The van der Waals surface area contributed by atoms with Crippen LogP contribution in [0.1, 0.15) is 237 Å². The molecule has 652 valence electrons. The molecule has 7 heterocycles. The van der Waals surface area contributed by atoms with E-state index in [1.807, 2.05) is 34.3 Å². The van der Waals surface area contributed by atoms with Crippen LogP contribution in [0.2, 0.25) is 13.3 Å². The maximum atomic E-state index is 14.9. The SMILES string of the molecule is CC(C)(C)[O-].CCC[CH2][Sn]([CH2]CCC)([CH2]CCC)[N]=[N+]=[N-].N#CC1C2CC3CC1CC(C(O)CC1c4c(F)cccc4-c4cncn41)(C3)C2.O=C1C2CC3CC1CC(C(O)CC1c4c(F)cccc4-c4cncn41)(C3)C2.OC(CC1c2c(F)cccc2-c2cncn21)C12CC3CC(C1)C(C1=NN=NC1)C(C3)C2.[2H]CF.[C-]#[N+]CS(=O)(=O)c1ccc(C)cc1.[K+]. The van der Waals surface area contributed by atoms with Crippen molar-refractivity contribution < 1.29 is 104 Å². The van der Waals surface area contributed by atoms with Crippen LogP contribution < -0.4 is 56.5 Å². The Morgan fingerprint density at radius 2 is 1.02 bits per heavy atom. The number of nitriles is 1. The summed E-state index contributed by atoms with van der Waals surface area (Å²) < 4.78 is 96.7. The summed E-state index contributed by atoms with van der Waals surface area (Å²) in [6, 6.07) is 24.0. The number of hydrogen-bond donors (Lipinski definition) is 3. The Hall–Kier alpha value is -6.31. The van der Waals surface area contributed by atoms with Crippen molar-refractivity contribution in [1.82, 2.24) is 28.7 Å². The van der Waals surface area contributed by atoms with Gasteiger partial charge in [0.05, 0.1) is 122 Å². The fourth-order valence-corrected chi connectivity index (χ4v) is 38.5. The minimum Gasteiger partial charge on any atom is -0.392 e. The first-order valence-electron chi connectivity index (χ1n) is 45.3. The maximum absolute atomic E-state index is 14.9. The van der Waals surface area contributed by atoms with E-state index in [1.54, 1.807) is 88.7 Å². The van der Waals surface area contributed by atoms with E-state index in [-0.39, 0.29) is 126 Å². The summed E-state index contributed by atoms with van der Waals surface area (Å²) in [5, 5.41) is 66.6. The fourth-order valence-electron chi connectivity index (χ4n) is 25.5. The van der Waals surface area contributed by atoms with E-state index in [0.29, 0.717) is 95.6 Å². The maximum Gasteiger partial charge on any atom is 1.00 e. The number of benzene rings is 4. The fraction of sp³-hybridized carbons (Fsp3) is 0.611. The van der Waals surface area contributed by atoms with Gasteiger partial charge in [0.2, 0.25) is 0 Å². The molecule has 12 unspecified atom stereocenters. The average Bonchev–Trinajstić information content (AvgIpc) is 0.972. The number of aryl methyl sites for hydroxylation is 1. The van der Waals surface area contributed by atoms with Crippen LogP contribution in [0.3, 0.4) is 0 Å². The van der Waals surface area contributed by atoms with Crippen molar-refractivity contribution in [2.75, 3.05) is 19.6 Å². The molecule has 0 spiro atoms. The second-order valence-electron chi connectivity index (χ2n) is 38.9. The zero-order valence-corrected chi connectivity index (χ0v) is 79.4. The van der Waals surface area contributed by atoms with Crippen LogP contribution >= 0.6 is 0 Å². The molecular weight excluding hydrogens is 1720 g/mol. The van der Waals surface area contributed by atoms with E-state index in [9.17, 15) is 56.5 Å². The minimum absolute atomic E-state index is 0. The molecule has 23 rings (SSSR count). The topological polar surface area (TPSA) is 302 Å². The summed E-state index contributed by atoms with van der Waals surface area (Å²) in [7, 11) is -4.38. The number of aliphatic hydroxyl groups excluding tert-OH is 3. The number of rotatable bonds is 22. The van der Waals surface area contributed by atoms with Crippen molar-refractivity contribution >= 4 is 40.0 Å². The Morgan fingerprint density at radius 3 is 1.37 bits per heavy atom. The number of ketones is 1. The molecule has 123 heavy (non-hydrogen) atoms. The number of Topliss-reactive ketones (excluding diaryl/α,β-unsaturated/α-hetero) is 1. The van der Waals surface area contributed by atoms with Gasteiger partial charge in [-0.15, -0.1) is 10.7 Å². The molecule has 16 aliphatic rings. The van der Waals surface area contributed by atoms with E-state index in [0.717, 1.165) is 129 Å². The third-order valence-corrected chi connectivity index (χ3v) is 43.9. The van der Waals surface area contributed by atoms with Gasteiger partial charge < -0.3 is 34.1 Å². The number of imidazole rings is 3. The number of sulfone groups is 1. The molecule has 0 radical (unpaired) electrons. The van der Waals surface area contributed by atoms with Gasteiger partial charge in [0.15, 0.2) is 0 Å². The first-order valence-corrected chi connectivity index (χ1v) is 53.6. The summed E-state index contributed by atoms with van der Waals surface area (Å²) >= 11 is -2.45. The monoisotopic (exact) mass is 1840 g/mol. The molecular formula is C95H121F4KN14O7SSn. The summed E-state index contributed by atoms with van der Waals surface area (Å²) in [4.78, 5) is 31.6. The van der Waals surface area contributed by atoms with Crippen molar-refractivity contribution in [3.05, 3.63) is 178 Å². The van der Waals surface area contributed by atoms with Crippen molar-refractivity contribution in [2.24, 2.45) is 100 Å². The van der Waals surface area contributed by atoms with E-state index < -0.39 is 65.4 Å². The number of unbranched alkanes of at least 4 members (excludes halogenated alkanes) is 3. The smallest absolute Gasteiger partial charge is 0.392 e. The molecule has 0 saturated heterocycles. The van der Waals surface area contributed by atoms with E-state index >= 15 is 0 Å². The number of carbonyl (C=O) groups excluding carboxylic acids is 1. The predicted octanol–water partition coefficient (Wildman–Crippen LogP) is 17.7. The molecule has 21 nitrogen and oxygen atoms in total. The summed E-state index contributed by atoms with van der Waals surface area (Å²) in [5.74, 6) is 4.21. The molecule has 3 N–H and O–H groups in total. The molecule has 12 fully saturated rings. The number of nitrogens with zero attached hydrogens (tertiary/aromatic N) is 14. The number of carbonyl (C=O) groups is 1. The Kier molecular flexibility index (Phi) is 30.0. The average molecular weight is 1840 g/mol. The van der Waals surface area contributed by atoms with Crippen LogP contribution in [-0.4, -0.2) is 126 Å². The first kappa shape index (κ1) is 92.9. The number of fused-ring (bicyclic) bond motifs is 9. The number of alkyl halides is 1. The third kappa shape index (κ3) is 19.5.